The summed E-state index contributed by atoms with van der Waals surface area (Å²) >= 11 is 1.89. The summed E-state index contributed by atoms with van der Waals surface area (Å²) in [6.45, 7) is 4.39. The number of pyridine rings is 1. The predicted octanol–water partition coefficient (Wildman–Crippen LogP) is 2.27. The SMILES string of the molecule is Cc1ccnc(SC2CCNC2)c1.Cl. The van der Waals surface area contributed by atoms with Gasteiger partial charge in [-0.15, -0.1) is 24.2 Å². The van der Waals surface area contributed by atoms with Crippen molar-refractivity contribution in [2.24, 2.45) is 0 Å². The Morgan fingerprint density at radius 3 is 3.07 bits per heavy atom. The van der Waals surface area contributed by atoms with E-state index in [0.717, 1.165) is 18.1 Å². The number of aromatic nitrogens is 1. The van der Waals surface area contributed by atoms with E-state index in [2.05, 4.69) is 23.3 Å². The van der Waals surface area contributed by atoms with Crippen LogP contribution in [-0.2, 0) is 0 Å². The summed E-state index contributed by atoms with van der Waals surface area (Å²) in [5, 5.41) is 5.24. The zero-order chi connectivity index (χ0) is 9.10. The Balaban J connectivity index is 0.000000980. The second kappa shape index (κ2) is 5.59. The van der Waals surface area contributed by atoms with Crippen LogP contribution in [0.15, 0.2) is 23.4 Å². The van der Waals surface area contributed by atoms with Gasteiger partial charge < -0.3 is 5.32 Å². The van der Waals surface area contributed by atoms with E-state index in [9.17, 15) is 0 Å². The monoisotopic (exact) mass is 230 g/mol. The van der Waals surface area contributed by atoms with Crippen molar-refractivity contribution >= 4 is 24.2 Å². The minimum Gasteiger partial charge on any atom is -0.316 e. The van der Waals surface area contributed by atoms with Crippen molar-refractivity contribution in [2.75, 3.05) is 13.1 Å². The number of rotatable bonds is 2. The van der Waals surface area contributed by atoms with Crippen LogP contribution in [0.4, 0.5) is 0 Å². The lowest BCUT2D eigenvalue weighted by atomic mass is 10.3. The number of nitrogens with one attached hydrogen (secondary N) is 1. The van der Waals surface area contributed by atoms with Crippen LogP contribution in [0.2, 0.25) is 0 Å². The van der Waals surface area contributed by atoms with Crippen LogP contribution >= 0.6 is 24.2 Å². The van der Waals surface area contributed by atoms with Crippen molar-refractivity contribution in [2.45, 2.75) is 23.6 Å². The fraction of sp³-hybridized carbons (Fsp3) is 0.500. The average Bonchev–Trinajstić information content (AvgIpc) is 2.57. The van der Waals surface area contributed by atoms with Crippen LogP contribution < -0.4 is 5.32 Å². The van der Waals surface area contributed by atoms with Crippen LogP contribution in [0.1, 0.15) is 12.0 Å². The van der Waals surface area contributed by atoms with Crippen molar-refractivity contribution in [1.82, 2.24) is 10.3 Å². The lowest BCUT2D eigenvalue weighted by Gasteiger charge is -2.06. The van der Waals surface area contributed by atoms with Gasteiger partial charge in [0.1, 0.15) is 0 Å². The first kappa shape index (κ1) is 11.8. The molecule has 1 atom stereocenters. The van der Waals surface area contributed by atoms with E-state index in [1.165, 1.54) is 12.0 Å². The first-order valence-electron chi connectivity index (χ1n) is 4.64. The maximum atomic E-state index is 4.34. The predicted molar refractivity (Wildman–Crippen MR) is 63.4 cm³/mol. The highest BCUT2D eigenvalue weighted by atomic mass is 35.5. The number of hydrogen-bond acceptors (Lipinski definition) is 3. The summed E-state index contributed by atoms with van der Waals surface area (Å²) in [5.41, 5.74) is 1.29. The number of hydrogen-bond donors (Lipinski definition) is 1. The first-order valence-corrected chi connectivity index (χ1v) is 5.52. The van der Waals surface area contributed by atoms with Gasteiger partial charge in [-0.2, -0.15) is 0 Å². The molecule has 1 aliphatic heterocycles. The highest BCUT2D eigenvalue weighted by Crippen LogP contribution is 2.25. The molecule has 2 nitrogen and oxygen atoms in total. The van der Waals surface area contributed by atoms with Gasteiger partial charge in [0.2, 0.25) is 0 Å². The lowest BCUT2D eigenvalue weighted by Crippen LogP contribution is -2.10. The van der Waals surface area contributed by atoms with E-state index in [0.29, 0.717) is 5.25 Å². The molecule has 0 spiro atoms. The molecule has 14 heavy (non-hydrogen) atoms. The van der Waals surface area contributed by atoms with Crippen molar-refractivity contribution in [3.05, 3.63) is 23.9 Å². The molecular formula is C10H15ClN2S. The molecule has 1 aromatic rings. The summed E-state index contributed by atoms with van der Waals surface area (Å²) in [7, 11) is 0. The molecule has 1 unspecified atom stereocenters. The Morgan fingerprint density at radius 1 is 1.57 bits per heavy atom. The smallest absolute Gasteiger partial charge is 0.0965 e. The molecule has 0 bridgehead atoms. The summed E-state index contributed by atoms with van der Waals surface area (Å²) in [4.78, 5) is 4.34. The highest BCUT2D eigenvalue weighted by Gasteiger charge is 2.15. The second-order valence-corrected chi connectivity index (χ2v) is 4.72. The third kappa shape index (κ3) is 3.15. The van der Waals surface area contributed by atoms with Crippen LogP contribution in [-0.4, -0.2) is 23.3 Å². The second-order valence-electron chi connectivity index (χ2n) is 3.40. The van der Waals surface area contributed by atoms with Gasteiger partial charge in [-0.05, 0) is 37.6 Å². The summed E-state index contributed by atoms with van der Waals surface area (Å²) < 4.78 is 0. The fourth-order valence-corrected chi connectivity index (χ4v) is 2.63. The molecule has 0 saturated carbocycles. The van der Waals surface area contributed by atoms with Gasteiger partial charge in [0.05, 0.1) is 5.03 Å². The molecule has 2 heterocycles. The molecule has 1 aromatic heterocycles. The van der Waals surface area contributed by atoms with Gasteiger partial charge >= 0.3 is 0 Å². The van der Waals surface area contributed by atoms with Gasteiger partial charge in [-0.25, -0.2) is 4.98 Å². The van der Waals surface area contributed by atoms with E-state index in [1.807, 2.05) is 24.0 Å². The summed E-state index contributed by atoms with van der Waals surface area (Å²) in [6.07, 6.45) is 3.15. The Kier molecular flexibility index (Phi) is 4.72. The maximum Gasteiger partial charge on any atom is 0.0965 e. The molecular weight excluding hydrogens is 216 g/mol. The fourth-order valence-electron chi connectivity index (χ4n) is 1.47. The number of nitrogens with zero attached hydrogens (tertiary/aromatic N) is 1. The quantitative estimate of drug-likeness (QED) is 0.844. The molecule has 78 valence electrons. The van der Waals surface area contributed by atoms with Crippen molar-refractivity contribution in [1.29, 1.82) is 0 Å². The summed E-state index contributed by atoms with van der Waals surface area (Å²) in [6, 6.07) is 4.19. The molecule has 4 heteroatoms. The zero-order valence-corrected chi connectivity index (χ0v) is 9.83. The van der Waals surface area contributed by atoms with Gasteiger partial charge in [-0.1, -0.05) is 0 Å². The van der Waals surface area contributed by atoms with Gasteiger partial charge in [-0.3, -0.25) is 0 Å². The molecule has 0 aliphatic carbocycles. The van der Waals surface area contributed by atoms with Crippen LogP contribution in [0, 0.1) is 6.92 Å². The first-order chi connectivity index (χ1) is 6.34. The number of halogens is 1. The molecule has 1 saturated heterocycles. The van der Waals surface area contributed by atoms with Gasteiger partial charge in [0.25, 0.3) is 0 Å². The normalized spacial score (nSPS) is 20.5. The van der Waals surface area contributed by atoms with E-state index in [-0.39, 0.29) is 12.4 Å². The molecule has 1 N–H and O–H groups in total. The minimum atomic E-state index is 0. The zero-order valence-electron chi connectivity index (χ0n) is 8.19. The average molecular weight is 231 g/mol. The van der Waals surface area contributed by atoms with Crippen LogP contribution in [0.5, 0.6) is 0 Å². The Labute approximate surface area is 95.3 Å². The number of aryl methyl sites for hydroxylation is 1. The largest absolute Gasteiger partial charge is 0.316 e. The molecule has 0 aromatic carbocycles. The maximum absolute atomic E-state index is 4.34. The Morgan fingerprint density at radius 2 is 2.43 bits per heavy atom. The van der Waals surface area contributed by atoms with Crippen molar-refractivity contribution < 1.29 is 0 Å². The van der Waals surface area contributed by atoms with Crippen LogP contribution in [0.25, 0.3) is 0 Å². The molecule has 1 fully saturated rings. The topological polar surface area (TPSA) is 24.9 Å². The van der Waals surface area contributed by atoms with Gasteiger partial charge in [0.15, 0.2) is 0 Å². The number of thioether (sulfide) groups is 1. The van der Waals surface area contributed by atoms with Gasteiger partial charge in [0, 0.05) is 18.0 Å². The third-order valence-electron chi connectivity index (χ3n) is 2.19. The molecule has 0 radical (unpaired) electrons. The van der Waals surface area contributed by atoms with E-state index in [4.69, 9.17) is 0 Å². The van der Waals surface area contributed by atoms with Crippen molar-refractivity contribution in [3.63, 3.8) is 0 Å². The van der Waals surface area contributed by atoms with E-state index < -0.39 is 0 Å². The molecule has 1 aliphatic rings. The molecule has 2 rings (SSSR count). The minimum absolute atomic E-state index is 0. The Bertz CT molecular complexity index is 287. The van der Waals surface area contributed by atoms with Crippen molar-refractivity contribution in [3.8, 4) is 0 Å². The van der Waals surface area contributed by atoms with Crippen LogP contribution in [0.3, 0.4) is 0 Å². The molecule has 0 amide bonds. The van der Waals surface area contributed by atoms with E-state index in [1.54, 1.807) is 0 Å². The van der Waals surface area contributed by atoms with E-state index >= 15 is 0 Å². The highest BCUT2D eigenvalue weighted by molar-refractivity contribution is 7.99. The third-order valence-corrected chi connectivity index (χ3v) is 3.39. The lowest BCUT2D eigenvalue weighted by molar-refractivity contribution is 0.858. The summed E-state index contributed by atoms with van der Waals surface area (Å²) in [5.74, 6) is 0. The Hall–Kier alpha value is -0.250. The standard InChI is InChI=1S/C10H14N2S.ClH/c1-8-2-5-12-10(6-8)13-9-3-4-11-7-9;/h2,5-6,9,11H,3-4,7H2,1H3;1H.